The number of rotatable bonds is 5. The summed E-state index contributed by atoms with van der Waals surface area (Å²) < 4.78 is 0. The van der Waals surface area contributed by atoms with Crippen molar-refractivity contribution >= 4 is 34.5 Å². The highest BCUT2D eigenvalue weighted by molar-refractivity contribution is 6.31. The molecule has 0 radical (unpaired) electrons. The molecular weight excluding hydrogens is 474 g/mol. The largest absolute Gasteiger partial charge is 0.257 e. The first-order valence-electron chi connectivity index (χ1n) is 12.4. The molecule has 0 N–H and O–H groups in total. The molecule has 0 amide bonds. The summed E-state index contributed by atoms with van der Waals surface area (Å²) in [5, 5.41) is 5.20. The maximum Gasteiger partial charge on any atom is 0.171 e. The zero-order chi connectivity index (χ0) is 25.2. The van der Waals surface area contributed by atoms with Crippen molar-refractivity contribution in [3.63, 3.8) is 0 Å². The summed E-state index contributed by atoms with van der Waals surface area (Å²) in [5.74, 6) is 0.917. The van der Waals surface area contributed by atoms with Crippen LogP contribution in [-0.2, 0) is 5.54 Å². The van der Waals surface area contributed by atoms with Crippen LogP contribution in [0, 0.1) is 6.92 Å². The van der Waals surface area contributed by atoms with E-state index in [1.54, 1.807) is 0 Å². The van der Waals surface area contributed by atoms with E-state index < -0.39 is 5.54 Å². The maximum atomic E-state index is 6.55. The Bertz CT molecular complexity index is 1490. The van der Waals surface area contributed by atoms with E-state index in [1.807, 2.05) is 24.3 Å². The maximum absolute atomic E-state index is 6.55. The first kappa shape index (κ1) is 23.1. The second-order valence-electron chi connectivity index (χ2n) is 9.15. The first-order chi connectivity index (χ1) is 18.2. The zero-order valence-electron chi connectivity index (χ0n) is 20.5. The monoisotopic (exact) mass is 499 g/mol. The topological polar surface area (TPSA) is 18.8 Å². The third-order valence-corrected chi connectivity index (χ3v) is 6.98. The summed E-state index contributed by atoms with van der Waals surface area (Å²) in [6.45, 7) is 2.09. The number of nitrogens with zero attached hydrogens (tertiary/aromatic N) is 3. The number of aryl methyl sites for hydroxylation is 1. The number of hydrazine groups is 1. The molecule has 0 unspecified atom stereocenters. The van der Waals surface area contributed by atoms with Crippen molar-refractivity contribution in [1.82, 2.24) is 0 Å². The van der Waals surface area contributed by atoms with Gasteiger partial charge in [0.1, 0.15) is 0 Å². The lowest BCUT2D eigenvalue weighted by atomic mass is 9.76. The standard InChI is InChI=1S/C33H26ClN3/c1-25-20-22-29(23-21-25)35-32-33(26-12-5-2-6-13-26,27-14-7-3-8-15-27)37(31-19-11-16-28(34)24-31)36(32)30-17-9-4-10-18-30/h2-24H,1H3. The van der Waals surface area contributed by atoms with Crippen LogP contribution >= 0.6 is 11.6 Å². The Balaban J connectivity index is 1.70. The van der Waals surface area contributed by atoms with Crippen molar-refractivity contribution in [2.75, 3.05) is 10.0 Å². The van der Waals surface area contributed by atoms with Crippen molar-refractivity contribution in [2.24, 2.45) is 4.99 Å². The normalized spacial score (nSPS) is 15.5. The Morgan fingerprint density at radius 3 is 1.70 bits per heavy atom. The third kappa shape index (κ3) is 3.98. The lowest BCUT2D eigenvalue weighted by Gasteiger charge is -2.62. The molecule has 1 heterocycles. The van der Waals surface area contributed by atoms with Crippen LogP contribution < -0.4 is 10.0 Å². The summed E-state index contributed by atoms with van der Waals surface area (Å²) in [6, 6.07) is 47.9. The summed E-state index contributed by atoms with van der Waals surface area (Å²) in [5.41, 5.74) is 5.67. The van der Waals surface area contributed by atoms with Crippen LogP contribution in [0.4, 0.5) is 17.1 Å². The molecule has 3 nitrogen and oxygen atoms in total. The molecule has 180 valence electrons. The summed E-state index contributed by atoms with van der Waals surface area (Å²) >= 11 is 6.55. The van der Waals surface area contributed by atoms with Gasteiger partial charge in [0.2, 0.25) is 0 Å². The molecule has 1 saturated heterocycles. The highest BCUT2D eigenvalue weighted by Crippen LogP contribution is 2.52. The van der Waals surface area contributed by atoms with Gasteiger partial charge in [-0.25, -0.2) is 10.0 Å². The van der Waals surface area contributed by atoms with E-state index in [-0.39, 0.29) is 0 Å². The van der Waals surface area contributed by atoms with Gasteiger partial charge in [-0.2, -0.15) is 0 Å². The van der Waals surface area contributed by atoms with Crippen molar-refractivity contribution in [1.29, 1.82) is 0 Å². The number of benzene rings is 5. The fraction of sp³-hybridized carbons (Fsp3) is 0.0606. The molecule has 0 spiro atoms. The number of hydrogen-bond donors (Lipinski definition) is 0. The van der Waals surface area contributed by atoms with Crippen LogP contribution in [0.5, 0.6) is 0 Å². The van der Waals surface area contributed by atoms with E-state index in [2.05, 4.69) is 132 Å². The Morgan fingerprint density at radius 2 is 1.14 bits per heavy atom. The predicted molar refractivity (Wildman–Crippen MR) is 155 cm³/mol. The molecular formula is C33H26ClN3. The fourth-order valence-electron chi connectivity index (χ4n) is 5.07. The lowest BCUT2D eigenvalue weighted by molar-refractivity contribution is 0.535. The highest BCUT2D eigenvalue weighted by Gasteiger charge is 2.60. The van der Waals surface area contributed by atoms with E-state index >= 15 is 0 Å². The summed E-state index contributed by atoms with van der Waals surface area (Å²) in [6.07, 6.45) is 0. The number of para-hydroxylation sites is 1. The number of amidine groups is 1. The SMILES string of the molecule is Cc1ccc(N=C2N(c3ccccc3)N(c3cccc(Cl)c3)C2(c2ccccc2)c2ccccc2)cc1. The van der Waals surface area contributed by atoms with Crippen molar-refractivity contribution < 1.29 is 0 Å². The smallest absolute Gasteiger partial charge is 0.171 e. The van der Waals surface area contributed by atoms with Crippen LogP contribution in [0.15, 0.2) is 145 Å². The zero-order valence-corrected chi connectivity index (χ0v) is 21.3. The van der Waals surface area contributed by atoms with Crippen molar-refractivity contribution in [2.45, 2.75) is 12.5 Å². The molecule has 0 aliphatic carbocycles. The van der Waals surface area contributed by atoms with Crippen molar-refractivity contribution in [3.8, 4) is 0 Å². The third-order valence-electron chi connectivity index (χ3n) is 6.75. The van der Waals surface area contributed by atoms with Crippen LogP contribution in [0.2, 0.25) is 5.02 Å². The van der Waals surface area contributed by atoms with Gasteiger partial charge in [-0.1, -0.05) is 114 Å². The second-order valence-corrected chi connectivity index (χ2v) is 9.59. The van der Waals surface area contributed by atoms with Gasteiger partial charge in [0, 0.05) is 5.02 Å². The molecule has 5 aromatic carbocycles. The van der Waals surface area contributed by atoms with E-state index in [1.165, 1.54) is 5.56 Å². The Labute approximate surface area is 222 Å². The summed E-state index contributed by atoms with van der Waals surface area (Å²) in [4.78, 5) is 5.34. The molecule has 0 saturated carbocycles. The van der Waals surface area contributed by atoms with Gasteiger partial charge >= 0.3 is 0 Å². The van der Waals surface area contributed by atoms with Gasteiger partial charge in [0.15, 0.2) is 11.4 Å². The van der Waals surface area contributed by atoms with Gasteiger partial charge in [-0.3, -0.25) is 5.01 Å². The average Bonchev–Trinajstić information content (AvgIpc) is 2.94. The van der Waals surface area contributed by atoms with Gasteiger partial charge in [0.05, 0.1) is 17.1 Å². The Kier molecular flexibility index (Phi) is 5.99. The number of aliphatic imine (C=N–C) groups is 1. The number of halogens is 1. The first-order valence-corrected chi connectivity index (χ1v) is 12.7. The minimum Gasteiger partial charge on any atom is -0.257 e. The minimum atomic E-state index is -0.687. The number of hydrogen-bond acceptors (Lipinski definition) is 2. The fourth-order valence-corrected chi connectivity index (χ4v) is 5.25. The van der Waals surface area contributed by atoms with E-state index in [0.29, 0.717) is 5.02 Å². The van der Waals surface area contributed by atoms with E-state index in [9.17, 15) is 0 Å². The number of anilines is 2. The quantitative estimate of drug-likeness (QED) is 0.241. The van der Waals surface area contributed by atoms with Gasteiger partial charge in [-0.15, -0.1) is 0 Å². The highest BCUT2D eigenvalue weighted by atomic mass is 35.5. The van der Waals surface area contributed by atoms with Crippen LogP contribution in [-0.4, -0.2) is 5.84 Å². The summed E-state index contributed by atoms with van der Waals surface area (Å²) in [7, 11) is 0. The van der Waals surface area contributed by atoms with Gasteiger partial charge < -0.3 is 0 Å². The molecule has 1 aliphatic rings. The predicted octanol–water partition coefficient (Wildman–Crippen LogP) is 8.56. The van der Waals surface area contributed by atoms with Crippen molar-refractivity contribution in [3.05, 3.63) is 161 Å². The molecule has 0 aromatic heterocycles. The second kappa shape index (κ2) is 9.61. The molecule has 1 fully saturated rings. The molecule has 1 aliphatic heterocycles. The van der Waals surface area contributed by atoms with E-state index in [4.69, 9.17) is 16.6 Å². The Hall–Kier alpha value is -4.34. The van der Waals surface area contributed by atoms with E-state index in [0.717, 1.165) is 34.0 Å². The lowest BCUT2D eigenvalue weighted by Crippen LogP contribution is -2.77. The molecule has 6 rings (SSSR count). The average molecular weight is 500 g/mol. The van der Waals surface area contributed by atoms with Crippen LogP contribution in [0.25, 0.3) is 0 Å². The molecule has 5 aromatic rings. The van der Waals surface area contributed by atoms with Gasteiger partial charge in [-0.05, 0) is 60.5 Å². The molecule has 4 heteroatoms. The molecule has 0 atom stereocenters. The van der Waals surface area contributed by atoms with Gasteiger partial charge in [0.25, 0.3) is 0 Å². The Morgan fingerprint density at radius 1 is 0.595 bits per heavy atom. The van der Waals surface area contributed by atoms with Crippen LogP contribution in [0.1, 0.15) is 16.7 Å². The molecule has 0 bridgehead atoms. The minimum absolute atomic E-state index is 0.685. The molecule has 37 heavy (non-hydrogen) atoms. The van der Waals surface area contributed by atoms with Crippen LogP contribution in [0.3, 0.4) is 0 Å².